The van der Waals surface area contributed by atoms with Crippen molar-refractivity contribution in [1.29, 1.82) is 0 Å². The first-order valence-electron chi connectivity index (χ1n) is 7.95. The number of rotatable bonds is 3. The average molecular weight is 286 g/mol. The summed E-state index contributed by atoms with van der Waals surface area (Å²) < 4.78 is 0. The fraction of sp³-hybridized carbons (Fsp3) is 0.611. The monoisotopic (exact) mass is 286 g/mol. The number of nitrogens with one attached hydrogen (secondary N) is 1. The van der Waals surface area contributed by atoms with E-state index in [1.807, 2.05) is 30.3 Å². The molecule has 0 spiro atoms. The van der Waals surface area contributed by atoms with Crippen LogP contribution in [0.15, 0.2) is 30.3 Å². The third-order valence-corrected chi connectivity index (χ3v) is 6.00. The lowest BCUT2D eigenvalue weighted by atomic mass is 9.68. The molecule has 0 aliphatic heterocycles. The van der Waals surface area contributed by atoms with E-state index < -0.39 is 6.04 Å². The fourth-order valence-electron chi connectivity index (χ4n) is 4.71. The summed E-state index contributed by atoms with van der Waals surface area (Å²) in [5.74, 6) is 0.675. The van der Waals surface area contributed by atoms with Crippen molar-refractivity contribution in [3.63, 3.8) is 0 Å². The van der Waals surface area contributed by atoms with E-state index in [0.29, 0.717) is 0 Å². The third-order valence-electron chi connectivity index (χ3n) is 6.00. The van der Waals surface area contributed by atoms with Crippen molar-refractivity contribution in [2.24, 2.45) is 22.5 Å². The molecule has 21 heavy (non-hydrogen) atoms. The Morgan fingerprint density at radius 3 is 2.52 bits per heavy atom. The molecule has 1 aromatic carbocycles. The third kappa shape index (κ3) is 2.28. The number of fused-ring (bicyclic) bond motifs is 2. The van der Waals surface area contributed by atoms with Crippen molar-refractivity contribution in [1.82, 2.24) is 5.32 Å². The molecule has 0 radical (unpaired) electrons. The van der Waals surface area contributed by atoms with Crippen LogP contribution in [0.3, 0.4) is 0 Å². The van der Waals surface area contributed by atoms with E-state index in [0.717, 1.165) is 11.5 Å². The molecule has 3 N–H and O–H groups in total. The molecule has 0 saturated heterocycles. The molecular weight excluding hydrogens is 260 g/mol. The Bertz CT molecular complexity index is 535. The highest BCUT2D eigenvalue weighted by atomic mass is 16.2. The first kappa shape index (κ1) is 14.6. The van der Waals surface area contributed by atoms with Crippen molar-refractivity contribution in [3.8, 4) is 0 Å². The summed E-state index contributed by atoms with van der Waals surface area (Å²) in [7, 11) is 0. The van der Waals surface area contributed by atoms with Crippen LogP contribution in [-0.2, 0) is 4.79 Å². The van der Waals surface area contributed by atoms with Crippen LogP contribution in [0.25, 0.3) is 0 Å². The highest BCUT2D eigenvalue weighted by Gasteiger charge is 2.59. The molecule has 3 nitrogen and oxygen atoms in total. The predicted molar refractivity (Wildman–Crippen MR) is 84.5 cm³/mol. The minimum absolute atomic E-state index is 0.0481. The zero-order valence-electron chi connectivity index (χ0n) is 13.2. The predicted octanol–water partition coefficient (Wildman–Crippen LogP) is 3.02. The van der Waals surface area contributed by atoms with Crippen molar-refractivity contribution in [2.75, 3.05) is 0 Å². The number of carbonyl (C=O) groups excluding carboxylic acids is 1. The number of amides is 1. The molecular formula is C18H26N2O. The molecule has 4 unspecified atom stereocenters. The zero-order chi connectivity index (χ0) is 15.3. The lowest BCUT2D eigenvalue weighted by Crippen LogP contribution is -2.54. The Kier molecular flexibility index (Phi) is 3.36. The molecule has 0 aromatic heterocycles. The van der Waals surface area contributed by atoms with Gasteiger partial charge in [0, 0.05) is 6.04 Å². The average Bonchev–Trinajstić information content (AvgIpc) is 2.94. The van der Waals surface area contributed by atoms with Gasteiger partial charge in [-0.25, -0.2) is 0 Å². The van der Waals surface area contributed by atoms with E-state index in [-0.39, 0.29) is 22.8 Å². The van der Waals surface area contributed by atoms with Gasteiger partial charge in [0.05, 0.1) is 0 Å². The van der Waals surface area contributed by atoms with Crippen LogP contribution in [0.2, 0.25) is 0 Å². The first-order valence-corrected chi connectivity index (χ1v) is 7.95. The molecule has 2 aliphatic carbocycles. The first-order chi connectivity index (χ1) is 9.84. The highest BCUT2D eigenvalue weighted by Crippen LogP contribution is 2.62. The van der Waals surface area contributed by atoms with Crippen LogP contribution in [0.5, 0.6) is 0 Å². The standard InChI is InChI=1S/C18H26N2O/c1-17(2)13-9-10-18(3,11-13)16(17)20-15(21)14(19)12-7-5-4-6-8-12/h4-8,13-14,16H,9-11,19H2,1-3H3,(H,20,21). The molecule has 2 bridgehead atoms. The number of hydrogen-bond donors (Lipinski definition) is 2. The molecule has 114 valence electrons. The molecule has 2 fully saturated rings. The van der Waals surface area contributed by atoms with Gasteiger partial charge in [-0.2, -0.15) is 0 Å². The lowest BCUT2D eigenvalue weighted by molar-refractivity contribution is -0.125. The Labute approximate surface area is 127 Å². The quantitative estimate of drug-likeness (QED) is 0.897. The van der Waals surface area contributed by atoms with Gasteiger partial charge in [-0.3, -0.25) is 4.79 Å². The fourth-order valence-corrected chi connectivity index (χ4v) is 4.71. The van der Waals surface area contributed by atoms with E-state index in [9.17, 15) is 4.79 Å². The Morgan fingerprint density at radius 2 is 1.95 bits per heavy atom. The second kappa shape index (κ2) is 4.84. The van der Waals surface area contributed by atoms with Gasteiger partial charge in [0.2, 0.25) is 5.91 Å². The van der Waals surface area contributed by atoms with Gasteiger partial charge < -0.3 is 11.1 Å². The summed E-state index contributed by atoms with van der Waals surface area (Å²) in [4.78, 5) is 12.6. The largest absolute Gasteiger partial charge is 0.351 e. The molecule has 3 heteroatoms. The molecule has 3 rings (SSSR count). The second-order valence-electron chi connectivity index (χ2n) is 7.75. The van der Waals surface area contributed by atoms with E-state index >= 15 is 0 Å². The summed E-state index contributed by atoms with van der Waals surface area (Å²) in [6.45, 7) is 6.91. The van der Waals surface area contributed by atoms with E-state index in [4.69, 9.17) is 5.73 Å². The van der Waals surface area contributed by atoms with Crippen LogP contribution >= 0.6 is 0 Å². The smallest absolute Gasteiger partial charge is 0.241 e. The van der Waals surface area contributed by atoms with Gasteiger partial charge in [-0.05, 0) is 41.6 Å². The number of carbonyl (C=O) groups is 1. The SMILES string of the molecule is CC12CCC(C1)C(C)(C)C2NC(=O)C(N)c1ccccc1. The van der Waals surface area contributed by atoms with Gasteiger partial charge in [-0.15, -0.1) is 0 Å². The number of hydrogen-bond acceptors (Lipinski definition) is 2. The molecule has 2 saturated carbocycles. The van der Waals surface area contributed by atoms with Crippen LogP contribution in [0.1, 0.15) is 51.6 Å². The van der Waals surface area contributed by atoms with E-state index in [1.54, 1.807) is 0 Å². The maximum absolute atomic E-state index is 12.6. The Morgan fingerprint density at radius 1 is 1.29 bits per heavy atom. The van der Waals surface area contributed by atoms with Crippen LogP contribution in [0, 0.1) is 16.7 Å². The Balaban J connectivity index is 1.76. The molecule has 1 amide bonds. The van der Waals surface area contributed by atoms with Gasteiger partial charge >= 0.3 is 0 Å². The lowest BCUT2D eigenvalue weighted by Gasteiger charge is -2.43. The molecule has 4 atom stereocenters. The van der Waals surface area contributed by atoms with Crippen molar-refractivity contribution in [2.45, 2.75) is 52.1 Å². The summed E-state index contributed by atoms with van der Waals surface area (Å²) in [5, 5.41) is 3.28. The second-order valence-corrected chi connectivity index (χ2v) is 7.75. The minimum Gasteiger partial charge on any atom is -0.351 e. The minimum atomic E-state index is -0.579. The van der Waals surface area contributed by atoms with Gasteiger partial charge in [0.15, 0.2) is 0 Å². The van der Waals surface area contributed by atoms with Crippen LogP contribution in [-0.4, -0.2) is 11.9 Å². The van der Waals surface area contributed by atoms with Crippen molar-refractivity contribution >= 4 is 5.91 Å². The van der Waals surface area contributed by atoms with Gasteiger partial charge in [-0.1, -0.05) is 51.1 Å². The summed E-state index contributed by atoms with van der Waals surface area (Å²) in [6.07, 6.45) is 3.73. The number of nitrogens with two attached hydrogens (primary N) is 1. The van der Waals surface area contributed by atoms with Crippen LogP contribution in [0.4, 0.5) is 0 Å². The van der Waals surface area contributed by atoms with Crippen molar-refractivity contribution < 1.29 is 4.79 Å². The summed E-state index contributed by atoms with van der Waals surface area (Å²) in [6, 6.07) is 9.26. The molecule has 1 aromatic rings. The van der Waals surface area contributed by atoms with Crippen LogP contribution < -0.4 is 11.1 Å². The summed E-state index contributed by atoms with van der Waals surface area (Å²) in [5.41, 5.74) is 7.41. The van der Waals surface area contributed by atoms with Gasteiger partial charge in [0.1, 0.15) is 6.04 Å². The maximum atomic E-state index is 12.6. The Hall–Kier alpha value is -1.35. The van der Waals surface area contributed by atoms with E-state index in [1.165, 1.54) is 19.3 Å². The van der Waals surface area contributed by atoms with Gasteiger partial charge in [0.25, 0.3) is 0 Å². The highest BCUT2D eigenvalue weighted by molar-refractivity contribution is 5.83. The molecule has 2 aliphatic rings. The zero-order valence-corrected chi connectivity index (χ0v) is 13.2. The van der Waals surface area contributed by atoms with E-state index in [2.05, 4.69) is 26.1 Å². The van der Waals surface area contributed by atoms with Crippen molar-refractivity contribution in [3.05, 3.63) is 35.9 Å². The maximum Gasteiger partial charge on any atom is 0.241 e. The molecule has 0 heterocycles. The number of benzene rings is 1. The summed E-state index contributed by atoms with van der Waals surface area (Å²) >= 11 is 0. The normalized spacial score (nSPS) is 34.7. The topological polar surface area (TPSA) is 55.1 Å².